The van der Waals surface area contributed by atoms with Crippen LogP contribution in [0.25, 0.3) is 0 Å². The van der Waals surface area contributed by atoms with Crippen LogP contribution in [0.15, 0.2) is 18.2 Å². The van der Waals surface area contributed by atoms with E-state index in [-0.39, 0.29) is 29.1 Å². The van der Waals surface area contributed by atoms with Gasteiger partial charge in [-0.15, -0.1) is 0 Å². The number of carbonyl (C=O) groups excluding carboxylic acids is 4. The molecule has 11 heteroatoms. The number of piperazine rings is 1. The summed E-state index contributed by atoms with van der Waals surface area (Å²) in [5, 5.41) is 10.9. The summed E-state index contributed by atoms with van der Waals surface area (Å²) in [5.74, 6) is -1.85. The molecular formula is C18H20N4O7. The van der Waals surface area contributed by atoms with Crippen LogP contribution in [0.3, 0.4) is 0 Å². The van der Waals surface area contributed by atoms with Gasteiger partial charge in [-0.05, 0) is 6.07 Å². The van der Waals surface area contributed by atoms with Crippen LogP contribution in [0.4, 0.5) is 5.69 Å². The van der Waals surface area contributed by atoms with Crippen molar-refractivity contribution in [1.29, 1.82) is 0 Å². The van der Waals surface area contributed by atoms with E-state index in [1.807, 2.05) is 0 Å². The van der Waals surface area contributed by atoms with Crippen molar-refractivity contribution in [2.24, 2.45) is 0 Å². The average molecular weight is 404 g/mol. The number of nitrogens with zero attached hydrogens (tertiary/aromatic N) is 4. The fourth-order valence-electron chi connectivity index (χ4n) is 3.32. The third kappa shape index (κ3) is 4.09. The first-order chi connectivity index (χ1) is 13.8. The lowest BCUT2D eigenvalue weighted by molar-refractivity contribution is -0.384. The highest BCUT2D eigenvalue weighted by Gasteiger charge is 2.38. The van der Waals surface area contributed by atoms with Gasteiger partial charge in [-0.25, -0.2) is 0 Å². The minimum atomic E-state index is -0.726. The van der Waals surface area contributed by atoms with Crippen LogP contribution in [0.2, 0.25) is 0 Å². The molecule has 4 amide bonds. The van der Waals surface area contributed by atoms with Crippen LogP contribution in [0.1, 0.15) is 27.1 Å². The van der Waals surface area contributed by atoms with Gasteiger partial charge in [0.25, 0.3) is 17.5 Å². The van der Waals surface area contributed by atoms with Gasteiger partial charge in [0, 0.05) is 45.4 Å². The second-order valence-corrected chi connectivity index (χ2v) is 6.69. The Balaban J connectivity index is 1.60. The summed E-state index contributed by atoms with van der Waals surface area (Å²) in [5.41, 5.74) is -0.333. The molecule has 1 saturated heterocycles. The van der Waals surface area contributed by atoms with Crippen molar-refractivity contribution in [2.75, 3.05) is 46.4 Å². The van der Waals surface area contributed by atoms with Gasteiger partial charge in [-0.1, -0.05) is 0 Å². The zero-order valence-corrected chi connectivity index (χ0v) is 15.8. The van der Waals surface area contributed by atoms with Gasteiger partial charge in [0.2, 0.25) is 11.8 Å². The topological polar surface area (TPSA) is 130 Å². The molecule has 0 spiro atoms. The monoisotopic (exact) mass is 404 g/mol. The fourth-order valence-corrected chi connectivity index (χ4v) is 3.32. The van der Waals surface area contributed by atoms with E-state index in [0.717, 1.165) is 17.0 Å². The summed E-state index contributed by atoms with van der Waals surface area (Å²) < 4.78 is 4.89. The molecule has 2 aliphatic rings. The van der Waals surface area contributed by atoms with Gasteiger partial charge >= 0.3 is 0 Å². The molecule has 1 fully saturated rings. The van der Waals surface area contributed by atoms with Gasteiger partial charge in [-0.2, -0.15) is 0 Å². The minimum Gasteiger partial charge on any atom is -0.384 e. The van der Waals surface area contributed by atoms with Gasteiger partial charge < -0.3 is 14.5 Å². The first-order valence-corrected chi connectivity index (χ1v) is 9.02. The molecule has 3 rings (SSSR count). The van der Waals surface area contributed by atoms with Crippen LogP contribution < -0.4 is 0 Å². The maximum atomic E-state index is 12.6. The van der Waals surface area contributed by atoms with Crippen molar-refractivity contribution in [2.45, 2.75) is 6.42 Å². The van der Waals surface area contributed by atoms with E-state index in [1.54, 1.807) is 4.90 Å². The molecule has 0 bridgehead atoms. The number of methoxy groups -OCH3 is 1. The van der Waals surface area contributed by atoms with Crippen molar-refractivity contribution in [3.05, 3.63) is 39.4 Å². The summed E-state index contributed by atoms with van der Waals surface area (Å²) in [6, 6.07) is 3.42. The lowest BCUT2D eigenvalue weighted by Gasteiger charge is -2.35. The number of nitro groups is 1. The van der Waals surface area contributed by atoms with Crippen LogP contribution in [-0.2, 0) is 14.3 Å². The van der Waals surface area contributed by atoms with E-state index in [9.17, 15) is 29.3 Å². The number of ether oxygens (including phenoxy) is 1. The second-order valence-electron chi connectivity index (χ2n) is 6.69. The maximum Gasteiger partial charge on any atom is 0.270 e. The van der Waals surface area contributed by atoms with Crippen molar-refractivity contribution >= 4 is 29.3 Å². The van der Waals surface area contributed by atoms with Crippen molar-refractivity contribution < 1.29 is 28.8 Å². The molecule has 11 nitrogen and oxygen atoms in total. The number of rotatable bonds is 6. The molecule has 2 heterocycles. The van der Waals surface area contributed by atoms with Crippen LogP contribution in [0.5, 0.6) is 0 Å². The number of carbonyl (C=O) groups is 4. The Morgan fingerprint density at radius 3 is 2.21 bits per heavy atom. The Morgan fingerprint density at radius 1 is 1.03 bits per heavy atom. The molecule has 0 aliphatic carbocycles. The smallest absolute Gasteiger partial charge is 0.270 e. The summed E-state index contributed by atoms with van der Waals surface area (Å²) in [7, 11) is 1.52. The van der Waals surface area contributed by atoms with E-state index in [4.69, 9.17) is 4.74 Å². The second kappa shape index (κ2) is 8.35. The summed E-state index contributed by atoms with van der Waals surface area (Å²) in [4.78, 5) is 63.7. The highest BCUT2D eigenvalue weighted by atomic mass is 16.6. The van der Waals surface area contributed by atoms with Gasteiger partial charge in [0.1, 0.15) is 6.54 Å². The third-order valence-corrected chi connectivity index (χ3v) is 4.96. The molecule has 0 N–H and O–H groups in total. The quantitative estimate of drug-likeness (QED) is 0.367. The number of hydrogen-bond acceptors (Lipinski definition) is 7. The molecule has 154 valence electrons. The number of nitro benzene ring substituents is 1. The van der Waals surface area contributed by atoms with Gasteiger partial charge in [0.15, 0.2) is 0 Å². The van der Waals surface area contributed by atoms with Crippen molar-refractivity contribution in [3.63, 3.8) is 0 Å². The van der Waals surface area contributed by atoms with Gasteiger partial charge in [0.05, 0.1) is 29.1 Å². The van der Waals surface area contributed by atoms with Crippen LogP contribution in [-0.4, -0.2) is 89.7 Å². The zero-order valence-electron chi connectivity index (χ0n) is 15.8. The Bertz CT molecular complexity index is 877. The lowest BCUT2D eigenvalue weighted by Crippen LogP contribution is -2.53. The number of benzene rings is 1. The number of hydrogen-bond donors (Lipinski definition) is 0. The Labute approximate surface area is 165 Å². The highest BCUT2D eigenvalue weighted by Crippen LogP contribution is 2.26. The fraction of sp³-hybridized carbons (Fsp3) is 0.444. The van der Waals surface area contributed by atoms with Crippen LogP contribution in [0, 0.1) is 10.1 Å². The molecular weight excluding hydrogens is 384 g/mol. The molecule has 0 unspecified atom stereocenters. The largest absolute Gasteiger partial charge is 0.384 e. The van der Waals surface area contributed by atoms with Crippen LogP contribution >= 0.6 is 0 Å². The van der Waals surface area contributed by atoms with E-state index >= 15 is 0 Å². The molecule has 1 aromatic carbocycles. The number of amides is 4. The lowest BCUT2D eigenvalue weighted by atomic mass is 10.1. The van der Waals surface area contributed by atoms with E-state index in [0.29, 0.717) is 32.8 Å². The van der Waals surface area contributed by atoms with E-state index < -0.39 is 29.2 Å². The zero-order chi connectivity index (χ0) is 21.1. The van der Waals surface area contributed by atoms with E-state index in [2.05, 4.69) is 0 Å². The Hall–Kier alpha value is -3.34. The SMILES string of the molecule is COCCC(=O)N1CCN(C(=O)CN2C(=O)c3ccc([N+](=O)[O-])cc3C2=O)CC1. The first-order valence-electron chi connectivity index (χ1n) is 9.02. The number of fused-ring (bicyclic) bond motifs is 1. The summed E-state index contributed by atoms with van der Waals surface area (Å²) in [6.45, 7) is 1.21. The summed E-state index contributed by atoms with van der Waals surface area (Å²) >= 11 is 0. The Morgan fingerprint density at radius 2 is 1.62 bits per heavy atom. The molecule has 29 heavy (non-hydrogen) atoms. The standard InChI is InChI=1S/C18H20N4O7/c1-29-9-4-15(23)19-5-7-20(8-6-19)16(24)11-21-17(25)13-3-2-12(22(27)28)10-14(13)18(21)26/h2-3,10H,4-9,11H2,1H3. The molecule has 0 saturated carbocycles. The maximum absolute atomic E-state index is 12.6. The molecule has 0 aromatic heterocycles. The summed E-state index contributed by atoms with van der Waals surface area (Å²) in [6.07, 6.45) is 0.269. The molecule has 1 aromatic rings. The molecule has 0 atom stereocenters. The Kier molecular flexibility index (Phi) is 5.87. The van der Waals surface area contributed by atoms with E-state index in [1.165, 1.54) is 18.1 Å². The highest BCUT2D eigenvalue weighted by molar-refractivity contribution is 6.22. The average Bonchev–Trinajstić information content (AvgIpc) is 2.96. The van der Waals surface area contributed by atoms with Crippen molar-refractivity contribution in [1.82, 2.24) is 14.7 Å². The first kappa shape index (κ1) is 20.4. The van der Waals surface area contributed by atoms with Crippen molar-refractivity contribution in [3.8, 4) is 0 Å². The minimum absolute atomic E-state index is 0.0435. The predicted octanol–water partition coefficient (Wildman–Crippen LogP) is -0.102. The molecule has 2 aliphatic heterocycles. The normalized spacial score (nSPS) is 16.2. The van der Waals surface area contributed by atoms with Gasteiger partial charge in [-0.3, -0.25) is 34.2 Å². The third-order valence-electron chi connectivity index (χ3n) is 4.96. The molecule has 0 radical (unpaired) electrons. The number of non-ortho nitro benzene ring substituents is 1. The number of imide groups is 1. The predicted molar refractivity (Wildman–Crippen MR) is 98.1 cm³/mol.